The number of carbonyl (C=O) groups is 2. The van der Waals surface area contributed by atoms with Gasteiger partial charge < -0.3 is 4.74 Å². The van der Waals surface area contributed by atoms with Gasteiger partial charge in [-0.25, -0.2) is 9.96 Å². The van der Waals surface area contributed by atoms with Crippen LogP contribution in [-0.4, -0.2) is 25.0 Å². The lowest BCUT2D eigenvalue weighted by atomic mass is 9.90. The summed E-state index contributed by atoms with van der Waals surface area (Å²) in [5.41, 5.74) is 2.25. The average molecular weight is 450 g/mol. The van der Waals surface area contributed by atoms with E-state index in [1.54, 1.807) is 12.2 Å². The highest BCUT2D eigenvalue weighted by Crippen LogP contribution is 2.48. The van der Waals surface area contributed by atoms with Crippen LogP contribution in [-0.2, 0) is 14.4 Å². The number of para-hydroxylation sites is 1. The first-order valence-electron chi connectivity index (χ1n) is 11.2. The second-order valence-electron chi connectivity index (χ2n) is 8.44. The van der Waals surface area contributed by atoms with E-state index in [0.29, 0.717) is 5.69 Å². The molecule has 3 atom stereocenters. The second-order valence-corrected chi connectivity index (χ2v) is 8.44. The number of hydroxylamine groups is 1. The number of ether oxygens (including phenoxy) is 1. The third-order valence-corrected chi connectivity index (χ3v) is 6.59. The Morgan fingerprint density at radius 3 is 2.24 bits per heavy atom. The highest BCUT2D eigenvalue weighted by atomic mass is 16.7. The molecule has 168 valence electrons. The number of carbonyl (C=O) groups excluding carboxylic acids is 2. The monoisotopic (exact) mass is 450 g/mol. The summed E-state index contributed by atoms with van der Waals surface area (Å²) in [4.78, 5) is 35.1. The van der Waals surface area contributed by atoms with Crippen molar-refractivity contribution in [3.05, 3.63) is 103 Å². The summed E-state index contributed by atoms with van der Waals surface area (Å²) in [6.07, 6.45) is -0.904. The standard InChI is InChI=1S/C28H22N2O4/c1-33-21-16-14-19(15-17-21)25-24-26(34-30(25)20-10-3-2-4-11-20)28(32)29(27(24)31)23-13-7-9-18-8-5-6-12-22(18)23/h2-17,24-26H,1H3/t24-,25-,26-/m0/s1. The normalized spacial score (nSPS) is 21.9. The third-order valence-electron chi connectivity index (χ3n) is 6.59. The van der Waals surface area contributed by atoms with E-state index in [1.807, 2.05) is 97.1 Å². The number of nitrogens with zero attached hydrogens (tertiary/aromatic N) is 2. The number of anilines is 2. The molecule has 2 amide bonds. The maximum absolute atomic E-state index is 13.9. The number of hydrogen-bond acceptors (Lipinski definition) is 5. The number of fused-ring (bicyclic) bond motifs is 2. The summed E-state index contributed by atoms with van der Waals surface area (Å²) >= 11 is 0. The van der Waals surface area contributed by atoms with Crippen LogP contribution in [0.5, 0.6) is 5.75 Å². The maximum atomic E-state index is 13.9. The molecule has 0 bridgehead atoms. The lowest BCUT2D eigenvalue weighted by Crippen LogP contribution is -2.37. The van der Waals surface area contributed by atoms with Gasteiger partial charge in [0.2, 0.25) is 5.91 Å². The molecule has 6 heteroatoms. The molecule has 6 rings (SSSR count). The van der Waals surface area contributed by atoms with Crippen LogP contribution in [0.4, 0.5) is 11.4 Å². The van der Waals surface area contributed by atoms with Gasteiger partial charge in [-0.1, -0.05) is 66.7 Å². The highest BCUT2D eigenvalue weighted by Gasteiger charge is 2.60. The quantitative estimate of drug-likeness (QED) is 0.414. The smallest absolute Gasteiger partial charge is 0.266 e. The van der Waals surface area contributed by atoms with Crippen molar-refractivity contribution < 1.29 is 19.2 Å². The number of amides is 2. The fraction of sp³-hybridized carbons (Fsp3) is 0.143. The van der Waals surface area contributed by atoms with Crippen LogP contribution < -0.4 is 14.7 Å². The van der Waals surface area contributed by atoms with Crippen molar-refractivity contribution in [2.75, 3.05) is 17.1 Å². The molecule has 0 radical (unpaired) electrons. The number of methoxy groups -OCH3 is 1. The van der Waals surface area contributed by atoms with Crippen molar-refractivity contribution in [1.29, 1.82) is 0 Å². The predicted molar refractivity (Wildman–Crippen MR) is 129 cm³/mol. The second kappa shape index (κ2) is 8.01. The van der Waals surface area contributed by atoms with Crippen LogP contribution in [0.2, 0.25) is 0 Å². The van der Waals surface area contributed by atoms with Gasteiger partial charge in [0.05, 0.1) is 24.5 Å². The van der Waals surface area contributed by atoms with E-state index in [9.17, 15) is 9.59 Å². The molecular formula is C28H22N2O4. The van der Waals surface area contributed by atoms with Crippen molar-refractivity contribution >= 4 is 34.0 Å². The van der Waals surface area contributed by atoms with E-state index < -0.39 is 18.1 Å². The zero-order valence-corrected chi connectivity index (χ0v) is 18.5. The minimum absolute atomic E-state index is 0.259. The van der Waals surface area contributed by atoms with E-state index in [-0.39, 0.29) is 11.8 Å². The Labute approximate surface area is 196 Å². The number of rotatable bonds is 4. The maximum Gasteiger partial charge on any atom is 0.266 e. The Morgan fingerprint density at radius 2 is 1.47 bits per heavy atom. The summed E-state index contributed by atoms with van der Waals surface area (Å²) in [6.45, 7) is 0. The summed E-state index contributed by atoms with van der Waals surface area (Å²) in [5.74, 6) is -0.564. The molecule has 0 N–H and O–H groups in total. The molecule has 2 heterocycles. The van der Waals surface area contributed by atoms with Crippen molar-refractivity contribution in [3.8, 4) is 5.75 Å². The Bertz CT molecular complexity index is 1380. The lowest BCUT2D eigenvalue weighted by molar-refractivity contribution is -0.126. The van der Waals surface area contributed by atoms with E-state index in [4.69, 9.17) is 9.57 Å². The predicted octanol–water partition coefficient (Wildman–Crippen LogP) is 4.90. The minimum atomic E-state index is -0.904. The summed E-state index contributed by atoms with van der Waals surface area (Å²) in [6, 6.07) is 30.0. The Kier molecular flexibility index (Phi) is 4.81. The van der Waals surface area contributed by atoms with E-state index in [0.717, 1.165) is 27.8 Å². The molecule has 2 saturated heterocycles. The van der Waals surface area contributed by atoms with E-state index in [2.05, 4.69) is 0 Å². The first-order valence-corrected chi connectivity index (χ1v) is 11.2. The van der Waals surface area contributed by atoms with Gasteiger partial charge in [0, 0.05) is 5.39 Å². The molecular weight excluding hydrogens is 428 g/mol. The molecule has 0 aromatic heterocycles. The molecule has 34 heavy (non-hydrogen) atoms. The van der Waals surface area contributed by atoms with E-state index >= 15 is 0 Å². The number of imide groups is 1. The van der Waals surface area contributed by atoms with Gasteiger partial charge in [0.25, 0.3) is 5.91 Å². The largest absolute Gasteiger partial charge is 0.497 e. The first-order chi connectivity index (χ1) is 16.7. The van der Waals surface area contributed by atoms with Crippen LogP contribution in [0.3, 0.4) is 0 Å². The van der Waals surface area contributed by atoms with Gasteiger partial charge in [-0.3, -0.25) is 14.4 Å². The summed E-state index contributed by atoms with van der Waals surface area (Å²) < 4.78 is 5.31. The fourth-order valence-electron chi connectivity index (χ4n) is 4.99. The lowest BCUT2D eigenvalue weighted by Gasteiger charge is -2.29. The molecule has 4 aromatic rings. The van der Waals surface area contributed by atoms with E-state index in [1.165, 1.54) is 4.90 Å². The molecule has 0 saturated carbocycles. The minimum Gasteiger partial charge on any atom is -0.497 e. The zero-order valence-electron chi connectivity index (χ0n) is 18.5. The van der Waals surface area contributed by atoms with Crippen LogP contribution in [0, 0.1) is 5.92 Å². The molecule has 2 fully saturated rings. The van der Waals surface area contributed by atoms with Crippen LogP contribution >= 0.6 is 0 Å². The molecule has 6 nitrogen and oxygen atoms in total. The Balaban J connectivity index is 1.45. The van der Waals surface area contributed by atoms with Crippen LogP contribution in [0.15, 0.2) is 97.1 Å². The zero-order chi connectivity index (χ0) is 23.2. The molecule has 0 unspecified atom stereocenters. The number of hydrogen-bond donors (Lipinski definition) is 0. The van der Waals surface area contributed by atoms with Gasteiger partial charge in [0.15, 0.2) is 6.10 Å². The molecule has 0 aliphatic carbocycles. The Hall–Kier alpha value is -4.16. The first kappa shape index (κ1) is 20.4. The Morgan fingerprint density at radius 1 is 0.765 bits per heavy atom. The molecule has 2 aliphatic rings. The van der Waals surface area contributed by atoms with Gasteiger partial charge in [-0.2, -0.15) is 0 Å². The molecule has 2 aliphatic heterocycles. The van der Waals surface area contributed by atoms with Crippen molar-refractivity contribution in [3.63, 3.8) is 0 Å². The topological polar surface area (TPSA) is 59.1 Å². The van der Waals surface area contributed by atoms with Gasteiger partial charge in [0.1, 0.15) is 11.7 Å². The van der Waals surface area contributed by atoms with Crippen molar-refractivity contribution in [2.45, 2.75) is 12.1 Å². The van der Waals surface area contributed by atoms with Gasteiger partial charge in [-0.05, 0) is 41.3 Å². The SMILES string of the molecule is COc1ccc([C@H]2[C@@H]3C(=O)N(c4cccc5ccccc45)C(=O)[C@H]3ON2c2ccccc2)cc1. The van der Waals surface area contributed by atoms with Gasteiger partial charge >= 0.3 is 0 Å². The molecule has 4 aromatic carbocycles. The summed E-state index contributed by atoms with van der Waals surface area (Å²) in [7, 11) is 1.61. The highest BCUT2D eigenvalue weighted by molar-refractivity contribution is 6.26. The van der Waals surface area contributed by atoms with Gasteiger partial charge in [-0.15, -0.1) is 0 Å². The van der Waals surface area contributed by atoms with Crippen molar-refractivity contribution in [2.24, 2.45) is 5.92 Å². The molecule has 0 spiro atoms. The third kappa shape index (κ3) is 3.07. The van der Waals surface area contributed by atoms with Crippen LogP contribution in [0.1, 0.15) is 11.6 Å². The van der Waals surface area contributed by atoms with Crippen molar-refractivity contribution in [1.82, 2.24) is 0 Å². The summed E-state index contributed by atoms with van der Waals surface area (Å²) in [5, 5.41) is 3.52. The fourth-order valence-corrected chi connectivity index (χ4v) is 4.99. The average Bonchev–Trinajstić information content (AvgIpc) is 3.40. The number of benzene rings is 4. The van der Waals surface area contributed by atoms with Crippen LogP contribution in [0.25, 0.3) is 10.8 Å².